The molecular weight excluding hydrogens is 330 g/mol. The first kappa shape index (κ1) is 15.6. The van der Waals surface area contributed by atoms with Crippen LogP contribution < -0.4 is 9.88 Å². The lowest BCUT2D eigenvalue weighted by atomic mass is 10.1. The fraction of sp³-hybridized carbons (Fsp3) is 0.278. The van der Waals surface area contributed by atoms with Gasteiger partial charge in [0.25, 0.3) is 5.76 Å². The molecule has 0 unspecified atom stereocenters. The Hall–Kier alpha value is -1.92. The summed E-state index contributed by atoms with van der Waals surface area (Å²) >= 11 is 0.584. The fourth-order valence-electron chi connectivity index (χ4n) is 3.22. The molecule has 1 fully saturated rings. The van der Waals surface area contributed by atoms with E-state index in [9.17, 15) is 8.78 Å². The Labute approximate surface area is 142 Å². The van der Waals surface area contributed by atoms with E-state index in [1.54, 1.807) is 6.07 Å². The topological polar surface area (TPSA) is 26.6 Å². The molecule has 3 aromatic rings. The van der Waals surface area contributed by atoms with Crippen molar-refractivity contribution in [2.75, 3.05) is 31.2 Å². The van der Waals surface area contributed by atoms with Crippen molar-refractivity contribution in [3.05, 3.63) is 42.5 Å². The number of hydrogen-bond acceptors (Lipinski definition) is 3. The summed E-state index contributed by atoms with van der Waals surface area (Å²) in [4.78, 5) is 6.28. The van der Waals surface area contributed by atoms with E-state index in [0.29, 0.717) is 29.9 Å². The molecule has 0 bridgehead atoms. The third-order valence-corrected chi connectivity index (χ3v) is 4.95. The Morgan fingerprint density at radius 1 is 1.00 bits per heavy atom. The predicted molar refractivity (Wildman–Crippen MR) is 92.9 cm³/mol. The molecule has 124 valence electrons. The van der Waals surface area contributed by atoms with Crippen molar-refractivity contribution in [3.8, 4) is 0 Å². The maximum atomic E-state index is 12.8. The highest BCUT2D eigenvalue weighted by Crippen LogP contribution is 2.35. The van der Waals surface area contributed by atoms with Gasteiger partial charge in [-0.1, -0.05) is 23.9 Å². The number of para-hydroxylation sites is 1. The Morgan fingerprint density at radius 2 is 1.75 bits per heavy atom. The van der Waals surface area contributed by atoms with Crippen molar-refractivity contribution in [2.45, 2.75) is 10.7 Å². The third-order valence-electron chi connectivity index (χ3n) is 4.25. The highest BCUT2D eigenvalue weighted by atomic mass is 32.2. The number of aromatic amines is 1. The Bertz CT molecular complexity index is 881. The zero-order valence-electron chi connectivity index (χ0n) is 13.0. The molecule has 1 aromatic heterocycles. The van der Waals surface area contributed by atoms with Crippen molar-refractivity contribution in [1.82, 2.24) is 0 Å². The summed E-state index contributed by atoms with van der Waals surface area (Å²) in [5.74, 6) is -2.42. The lowest BCUT2D eigenvalue weighted by Crippen LogP contribution is -2.36. The number of pyridine rings is 1. The van der Waals surface area contributed by atoms with Crippen LogP contribution in [0, 0.1) is 0 Å². The molecule has 1 N–H and O–H groups in total. The van der Waals surface area contributed by atoms with Gasteiger partial charge in [0.1, 0.15) is 0 Å². The van der Waals surface area contributed by atoms with Crippen LogP contribution in [0.5, 0.6) is 0 Å². The quantitative estimate of drug-likeness (QED) is 0.530. The van der Waals surface area contributed by atoms with E-state index in [0.717, 1.165) is 40.6 Å². The van der Waals surface area contributed by atoms with Crippen LogP contribution in [0.2, 0.25) is 0 Å². The molecule has 0 atom stereocenters. The lowest BCUT2D eigenvalue weighted by Gasteiger charge is -2.30. The number of alkyl halides is 2. The van der Waals surface area contributed by atoms with Crippen molar-refractivity contribution in [3.63, 3.8) is 0 Å². The molecule has 24 heavy (non-hydrogen) atoms. The van der Waals surface area contributed by atoms with Gasteiger partial charge in [0.05, 0.1) is 29.7 Å². The van der Waals surface area contributed by atoms with Crippen LogP contribution in [0.25, 0.3) is 21.8 Å². The molecule has 1 aliphatic heterocycles. The number of halogens is 2. The van der Waals surface area contributed by atoms with Gasteiger partial charge in [-0.25, -0.2) is 4.98 Å². The second-order valence-electron chi connectivity index (χ2n) is 5.70. The summed E-state index contributed by atoms with van der Waals surface area (Å²) in [6.07, 6.45) is 0. The predicted octanol–water partition coefficient (Wildman–Crippen LogP) is 3.96. The number of anilines is 1. The largest absolute Gasteiger partial charge is 0.378 e. The molecule has 0 radical (unpaired) electrons. The number of nitrogens with zero attached hydrogens (tertiary/aromatic N) is 1. The number of ether oxygens (including phenoxy) is 1. The first-order valence-electron chi connectivity index (χ1n) is 7.88. The minimum absolute atomic E-state index is 0.579. The summed E-state index contributed by atoms with van der Waals surface area (Å²) in [6, 6.07) is 13.6. The zero-order valence-corrected chi connectivity index (χ0v) is 13.8. The SMILES string of the molecule is FC(F)Sc1ccc2[nH+]c3ccccc3c(N3CCOCC3)c2c1. The Morgan fingerprint density at radius 3 is 2.54 bits per heavy atom. The van der Waals surface area contributed by atoms with E-state index in [2.05, 4.69) is 16.0 Å². The van der Waals surface area contributed by atoms with Crippen LogP contribution in [0.15, 0.2) is 47.4 Å². The zero-order chi connectivity index (χ0) is 16.5. The molecular formula is C18H17F2N2OS+. The molecule has 0 aliphatic carbocycles. The van der Waals surface area contributed by atoms with Crippen LogP contribution in [0.4, 0.5) is 14.5 Å². The highest BCUT2D eigenvalue weighted by molar-refractivity contribution is 7.99. The molecule has 0 saturated carbocycles. The third kappa shape index (κ3) is 2.91. The minimum Gasteiger partial charge on any atom is -0.378 e. The number of thioether (sulfide) groups is 1. The van der Waals surface area contributed by atoms with E-state index >= 15 is 0 Å². The van der Waals surface area contributed by atoms with E-state index < -0.39 is 5.76 Å². The number of rotatable bonds is 3. The second kappa shape index (κ2) is 6.53. The molecule has 1 saturated heterocycles. The monoisotopic (exact) mass is 347 g/mol. The van der Waals surface area contributed by atoms with Gasteiger partial charge in [-0.15, -0.1) is 0 Å². The van der Waals surface area contributed by atoms with Crippen molar-refractivity contribution in [1.29, 1.82) is 0 Å². The van der Waals surface area contributed by atoms with E-state index in [4.69, 9.17) is 4.74 Å². The number of benzene rings is 2. The fourth-order valence-corrected chi connectivity index (χ4v) is 3.76. The summed E-state index contributed by atoms with van der Waals surface area (Å²) < 4.78 is 31.0. The molecule has 6 heteroatoms. The summed E-state index contributed by atoms with van der Waals surface area (Å²) in [5.41, 5.74) is 3.09. The van der Waals surface area contributed by atoms with Gasteiger partial charge in [0, 0.05) is 30.1 Å². The van der Waals surface area contributed by atoms with E-state index in [1.807, 2.05) is 30.3 Å². The van der Waals surface area contributed by atoms with Crippen molar-refractivity contribution >= 4 is 39.3 Å². The number of fused-ring (bicyclic) bond motifs is 2. The van der Waals surface area contributed by atoms with Crippen molar-refractivity contribution < 1.29 is 18.5 Å². The lowest BCUT2D eigenvalue weighted by molar-refractivity contribution is -0.310. The average molecular weight is 347 g/mol. The van der Waals surface area contributed by atoms with Crippen LogP contribution in [-0.4, -0.2) is 32.1 Å². The molecule has 1 aliphatic rings. The van der Waals surface area contributed by atoms with Gasteiger partial charge in [-0.2, -0.15) is 8.78 Å². The van der Waals surface area contributed by atoms with Crippen LogP contribution in [0.3, 0.4) is 0 Å². The Kier molecular flexibility index (Phi) is 4.24. The standard InChI is InChI=1S/C18H16F2N2OS/c19-18(20)24-12-5-6-16-14(11-12)17(22-7-9-23-10-8-22)13-3-1-2-4-15(13)21-16/h1-6,11,18H,7-10H2/p+1. The van der Waals surface area contributed by atoms with Gasteiger partial charge in [0.2, 0.25) is 11.0 Å². The average Bonchev–Trinajstić information content (AvgIpc) is 2.60. The Balaban J connectivity index is 1.96. The summed E-state index contributed by atoms with van der Waals surface area (Å²) in [6.45, 7) is 2.96. The molecule has 0 spiro atoms. The van der Waals surface area contributed by atoms with Gasteiger partial charge in [-0.05, 0) is 18.2 Å². The molecule has 3 nitrogen and oxygen atoms in total. The smallest absolute Gasteiger partial charge is 0.288 e. The van der Waals surface area contributed by atoms with Gasteiger partial charge in [0.15, 0.2) is 0 Å². The van der Waals surface area contributed by atoms with Gasteiger partial charge in [-0.3, -0.25) is 0 Å². The number of H-pyrrole nitrogens is 1. The van der Waals surface area contributed by atoms with Crippen LogP contribution >= 0.6 is 11.8 Å². The number of nitrogens with one attached hydrogen (secondary N) is 1. The molecule has 4 rings (SSSR count). The first-order chi connectivity index (χ1) is 11.7. The maximum absolute atomic E-state index is 12.8. The summed E-state index contributed by atoms with van der Waals surface area (Å²) in [7, 11) is 0. The van der Waals surface area contributed by atoms with Gasteiger partial charge < -0.3 is 9.64 Å². The molecule has 2 aromatic carbocycles. The number of morpholine rings is 1. The van der Waals surface area contributed by atoms with Crippen LogP contribution in [-0.2, 0) is 4.74 Å². The maximum Gasteiger partial charge on any atom is 0.288 e. The van der Waals surface area contributed by atoms with Crippen LogP contribution in [0.1, 0.15) is 0 Å². The van der Waals surface area contributed by atoms with Gasteiger partial charge >= 0.3 is 0 Å². The van der Waals surface area contributed by atoms with Crippen molar-refractivity contribution in [2.24, 2.45) is 0 Å². The minimum atomic E-state index is -2.42. The number of hydrogen-bond donors (Lipinski definition) is 0. The first-order valence-corrected chi connectivity index (χ1v) is 8.75. The van der Waals surface area contributed by atoms with E-state index in [-0.39, 0.29) is 0 Å². The molecule has 2 heterocycles. The molecule has 0 amide bonds. The second-order valence-corrected chi connectivity index (χ2v) is 6.77. The summed E-state index contributed by atoms with van der Waals surface area (Å²) in [5, 5.41) is 2.08. The van der Waals surface area contributed by atoms with E-state index in [1.165, 1.54) is 0 Å². The highest BCUT2D eigenvalue weighted by Gasteiger charge is 2.21. The number of aromatic nitrogens is 1. The normalized spacial score (nSPS) is 15.5.